The lowest BCUT2D eigenvalue weighted by molar-refractivity contribution is -0.120. The Morgan fingerprint density at radius 1 is 1.24 bits per heavy atom. The molecule has 2 N–H and O–H groups in total. The summed E-state index contributed by atoms with van der Waals surface area (Å²) >= 11 is 0. The van der Waals surface area contributed by atoms with Crippen LogP contribution in [-0.4, -0.2) is 17.4 Å². The Kier molecular flexibility index (Phi) is 3.83. The quantitative estimate of drug-likeness (QED) is 0.726. The maximum atomic E-state index is 13.6. The molecule has 1 fully saturated rings. The highest BCUT2D eigenvalue weighted by molar-refractivity contribution is 5.85. The summed E-state index contributed by atoms with van der Waals surface area (Å²) in [5, 5.41) is 4.00. The van der Waals surface area contributed by atoms with Crippen LogP contribution in [0.2, 0.25) is 0 Å². The standard InChI is InChI=1S/C21H21FN2O/c1-14-4-2-3-5-15(14)10-20(25)24-13-21(8-9-21)18-12-23-19-7-6-16(22)11-17(18)19/h2-7,11-12,23H,8-10,13H2,1H3,(H,24,25). The van der Waals surface area contributed by atoms with E-state index in [-0.39, 0.29) is 17.1 Å². The summed E-state index contributed by atoms with van der Waals surface area (Å²) in [6, 6.07) is 12.8. The van der Waals surface area contributed by atoms with Gasteiger partial charge in [0.05, 0.1) is 6.42 Å². The van der Waals surface area contributed by atoms with Crippen LogP contribution in [0.25, 0.3) is 10.9 Å². The average molecular weight is 336 g/mol. The molecular weight excluding hydrogens is 315 g/mol. The van der Waals surface area contributed by atoms with Crippen molar-refractivity contribution in [2.45, 2.75) is 31.6 Å². The van der Waals surface area contributed by atoms with E-state index in [2.05, 4.69) is 10.3 Å². The number of carbonyl (C=O) groups excluding carboxylic acids is 1. The SMILES string of the molecule is Cc1ccccc1CC(=O)NCC1(c2c[nH]c3ccc(F)cc23)CC1. The monoisotopic (exact) mass is 336 g/mol. The zero-order valence-electron chi connectivity index (χ0n) is 14.2. The summed E-state index contributed by atoms with van der Waals surface area (Å²) in [6.45, 7) is 2.62. The fourth-order valence-electron chi connectivity index (χ4n) is 3.54. The molecule has 1 heterocycles. The Morgan fingerprint density at radius 2 is 2.04 bits per heavy atom. The highest BCUT2D eigenvalue weighted by Crippen LogP contribution is 2.50. The molecule has 1 amide bonds. The van der Waals surface area contributed by atoms with Gasteiger partial charge in [0.2, 0.25) is 5.91 Å². The lowest BCUT2D eigenvalue weighted by Gasteiger charge is -2.16. The third-order valence-corrected chi connectivity index (χ3v) is 5.30. The number of benzene rings is 2. The number of halogens is 1. The number of fused-ring (bicyclic) bond motifs is 1. The maximum Gasteiger partial charge on any atom is 0.224 e. The van der Waals surface area contributed by atoms with Crippen LogP contribution in [0.1, 0.15) is 29.5 Å². The van der Waals surface area contributed by atoms with Crippen molar-refractivity contribution < 1.29 is 9.18 Å². The predicted octanol–water partition coefficient (Wildman–Crippen LogP) is 4.01. The predicted molar refractivity (Wildman–Crippen MR) is 97.1 cm³/mol. The first-order valence-electron chi connectivity index (χ1n) is 8.66. The zero-order chi connectivity index (χ0) is 17.4. The van der Waals surface area contributed by atoms with Crippen LogP contribution < -0.4 is 5.32 Å². The van der Waals surface area contributed by atoms with Crippen molar-refractivity contribution in [3.63, 3.8) is 0 Å². The molecule has 4 rings (SSSR count). The van der Waals surface area contributed by atoms with E-state index in [4.69, 9.17) is 0 Å². The molecule has 3 aromatic rings. The van der Waals surface area contributed by atoms with Gasteiger partial charge < -0.3 is 10.3 Å². The molecule has 1 saturated carbocycles. The number of hydrogen-bond acceptors (Lipinski definition) is 1. The fourth-order valence-corrected chi connectivity index (χ4v) is 3.54. The first-order valence-corrected chi connectivity index (χ1v) is 8.66. The minimum atomic E-state index is -0.229. The minimum absolute atomic E-state index is 0.0339. The van der Waals surface area contributed by atoms with Crippen LogP contribution in [0.3, 0.4) is 0 Å². The molecule has 0 atom stereocenters. The lowest BCUT2D eigenvalue weighted by atomic mass is 9.95. The fraction of sp³-hybridized carbons (Fsp3) is 0.286. The topological polar surface area (TPSA) is 44.9 Å². The van der Waals surface area contributed by atoms with Crippen LogP contribution in [0.15, 0.2) is 48.7 Å². The van der Waals surface area contributed by atoms with Gasteiger partial charge in [-0.05, 0) is 54.7 Å². The van der Waals surface area contributed by atoms with E-state index in [0.717, 1.165) is 40.4 Å². The normalized spacial score (nSPS) is 15.3. The molecule has 25 heavy (non-hydrogen) atoms. The van der Waals surface area contributed by atoms with Crippen molar-refractivity contribution in [3.8, 4) is 0 Å². The van der Waals surface area contributed by atoms with E-state index in [9.17, 15) is 9.18 Å². The third-order valence-electron chi connectivity index (χ3n) is 5.30. The average Bonchev–Trinajstić information content (AvgIpc) is 3.27. The maximum absolute atomic E-state index is 13.6. The molecule has 0 bridgehead atoms. The Labute approximate surface area is 146 Å². The number of rotatable bonds is 5. The van der Waals surface area contributed by atoms with Gasteiger partial charge in [-0.2, -0.15) is 0 Å². The van der Waals surface area contributed by atoms with E-state index in [1.54, 1.807) is 12.1 Å². The highest BCUT2D eigenvalue weighted by atomic mass is 19.1. The van der Waals surface area contributed by atoms with E-state index >= 15 is 0 Å². The Balaban J connectivity index is 1.48. The Morgan fingerprint density at radius 3 is 2.80 bits per heavy atom. The molecule has 2 aromatic carbocycles. The second-order valence-corrected chi connectivity index (χ2v) is 7.05. The van der Waals surface area contributed by atoms with E-state index in [1.807, 2.05) is 37.4 Å². The molecule has 1 aliphatic rings. The van der Waals surface area contributed by atoms with Crippen LogP contribution in [0.5, 0.6) is 0 Å². The number of amides is 1. The molecule has 0 unspecified atom stereocenters. The first kappa shape index (κ1) is 15.9. The molecule has 128 valence electrons. The van der Waals surface area contributed by atoms with Gasteiger partial charge in [0.1, 0.15) is 5.82 Å². The van der Waals surface area contributed by atoms with Crippen molar-refractivity contribution in [3.05, 3.63) is 71.2 Å². The Bertz CT molecular complexity index is 940. The van der Waals surface area contributed by atoms with Gasteiger partial charge in [0.25, 0.3) is 0 Å². The van der Waals surface area contributed by atoms with Gasteiger partial charge in [0, 0.05) is 29.1 Å². The number of aryl methyl sites for hydroxylation is 1. The summed E-state index contributed by atoms with van der Waals surface area (Å²) in [7, 11) is 0. The number of aromatic nitrogens is 1. The number of nitrogens with one attached hydrogen (secondary N) is 2. The zero-order valence-corrected chi connectivity index (χ0v) is 14.2. The number of hydrogen-bond donors (Lipinski definition) is 2. The molecule has 0 spiro atoms. The van der Waals surface area contributed by atoms with Crippen LogP contribution in [0, 0.1) is 12.7 Å². The van der Waals surface area contributed by atoms with Gasteiger partial charge in [-0.1, -0.05) is 24.3 Å². The van der Waals surface area contributed by atoms with Crippen molar-refractivity contribution in [1.82, 2.24) is 10.3 Å². The van der Waals surface area contributed by atoms with Gasteiger partial charge in [-0.25, -0.2) is 4.39 Å². The summed E-state index contributed by atoms with van der Waals surface area (Å²) in [5.41, 5.74) is 4.17. The molecular formula is C21H21FN2O. The molecule has 4 heteroatoms. The van der Waals surface area contributed by atoms with E-state index in [0.29, 0.717) is 13.0 Å². The third kappa shape index (κ3) is 3.04. The van der Waals surface area contributed by atoms with Gasteiger partial charge >= 0.3 is 0 Å². The van der Waals surface area contributed by atoms with Crippen molar-refractivity contribution in [2.24, 2.45) is 0 Å². The lowest BCUT2D eigenvalue weighted by Crippen LogP contribution is -2.33. The smallest absolute Gasteiger partial charge is 0.224 e. The van der Waals surface area contributed by atoms with Crippen molar-refractivity contribution in [1.29, 1.82) is 0 Å². The molecule has 0 aliphatic heterocycles. The summed E-state index contributed by atoms with van der Waals surface area (Å²) in [6.07, 6.45) is 4.39. The minimum Gasteiger partial charge on any atom is -0.361 e. The van der Waals surface area contributed by atoms with Crippen LogP contribution in [-0.2, 0) is 16.6 Å². The van der Waals surface area contributed by atoms with E-state index < -0.39 is 0 Å². The second kappa shape index (κ2) is 6.03. The van der Waals surface area contributed by atoms with Crippen molar-refractivity contribution >= 4 is 16.8 Å². The van der Waals surface area contributed by atoms with Crippen LogP contribution in [0.4, 0.5) is 4.39 Å². The molecule has 3 nitrogen and oxygen atoms in total. The number of aromatic amines is 1. The molecule has 1 aliphatic carbocycles. The molecule has 0 radical (unpaired) electrons. The van der Waals surface area contributed by atoms with Crippen molar-refractivity contribution in [2.75, 3.05) is 6.54 Å². The van der Waals surface area contributed by atoms with E-state index in [1.165, 1.54) is 6.07 Å². The Hall–Kier alpha value is -2.62. The van der Waals surface area contributed by atoms with Gasteiger partial charge in [-0.15, -0.1) is 0 Å². The summed E-state index contributed by atoms with van der Waals surface area (Å²) < 4.78 is 13.6. The second-order valence-electron chi connectivity index (χ2n) is 7.05. The first-order chi connectivity index (χ1) is 12.1. The van der Waals surface area contributed by atoms with Gasteiger partial charge in [-0.3, -0.25) is 4.79 Å². The largest absolute Gasteiger partial charge is 0.361 e. The summed E-state index contributed by atoms with van der Waals surface area (Å²) in [4.78, 5) is 15.6. The number of carbonyl (C=O) groups is 1. The highest BCUT2D eigenvalue weighted by Gasteiger charge is 2.45. The van der Waals surface area contributed by atoms with Gasteiger partial charge in [0.15, 0.2) is 0 Å². The number of H-pyrrole nitrogens is 1. The summed E-state index contributed by atoms with van der Waals surface area (Å²) in [5.74, 6) is -0.195. The molecule has 1 aromatic heterocycles. The molecule has 0 saturated heterocycles. The van der Waals surface area contributed by atoms with Crippen LogP contribution >= 0.6 is 0 Å².